The SMILES string of the molecule is O=C(O[C@H]1COC(=O)c2cc(O)c(O)c(O)c2-c2c(cc(O)c(O)c2O)C(=O)O[C@@H]1[C@@H]1OC(=O)c2cc(O)c(O)c(O)c2C2=C(O)C(=O)C34Oc5cc(O)c6c(c5[C@@H]3[C@@H]1OC(=O)C24)O[C@H](c1ccc(O)c(O)c1)[C@H](O)C6)c1cc(O)c(O)c(O)c1. The number of ether oxygens (including phenoxy) is 7. The number of cyclic esters (lactones) is 3. The highest BCUT2D eigenvalue weighted by atomic mass is 16.6. The molecule has 5 aliphatic heterocycles. The molecule has 12 rings (SSSR count). The van der Waals surface area contributed by atoms with Crippen molar-refractivity contribution in [3.05, 3.63) is 105 Å². The van der Waals surface area contributed by atoms with E-state index in [2.05, 4.69) is 0 Å². The number of fused-ring (bicyclic) bond motifs is 8. The predicted octanol–water partition coefficient (Wildman–Crippen LogP) is 2.44. The van der Waals surface area contributed by atoms with Gasteiger partial charge in [0.1, 0.15) is 35.9 Å². The number of benzene rings is 6. The summed E-state index contributed by atoms with van der Waals surface area (Å²) >= 11 is 0. The molecule has 9 atom stereocenters. The van der Waals surface area contributed by atoms with Crippen LogP contribution in [0.3, 0.4) is 0 Å². The highest BCUT2D eigenvalue weighted by molar-refractivity contribution is 6.21. The van der Waals surface area contributed by atoms with E-state index in [4.69, 9.17) is 33.2 Å². The van der Waals surface area contributed by atoms with E-state index in [0.29, 0.717) is 30.3 Å². The number of phenols is 15. The van der Waals surface area contributed by atoms with Gasteiger partial charge in [0.2, 0.25) is 28.6 Å². The lowest BCUT2D eigenvalue weighted by molar-refractivity contribution is -0.200. The Morgan fingerprint density at radius 1 is 0.529 bits per heavy atom. The first-order chi connectivity index (χ1) is 40.2. The third kappa shape index (κ3) is 7.60. The Morgan fingerprint density at radius 3 is 1.66 bits per heavy atom. The van der Waals surface area contributed by atoms with Crippen molar-refractivity contribution in [1.82, 2.24) is 0 Å². The first kappa shape index (κ1) is 54.0. The van der Waals surface area contributed by atoms with E-state index in [-0.39, 0.29) is 11.1 Å². The first-order valence-electron chi connectivity index (χ1n) is 24.7. The maximum Gasteiger partial charge on any atom is 0.339 e. The van der Waals surface area contributed by atoms with Crippen molar-refractivity contribution < 1.29 is 149 Å². The quantitative estimate of drug-likeness (QED) is 0.0684. The van der Waals surface area contributed by atoms with Gasteiger partial charge in [-0.05, 0) is 48.0 Å². The summed E-state index contributed by atoms with van der Waals surface area (Å²) in [6.45, 7) is -1.57. The zero-order valence-electron chi connectivity index (χ0n) is 42.1. The van der Waals surface area contributed by atoms with Crippen LogP contribution >= 0.6 is 0 Å². The molecule has 0 aromatic heterocycles. The van der Waals surface area contributed by atoms with Crippen molar-refractivity contribution in [2.45, 2.75) is 54.6 Å². The summed E-state index contributed by atoms with van der Waals surface area (Å²) in [5, 5.41) is 187. The van der Waals surface area contributed by atoms with Gasteiger partial charge in [-0.3, -0.25) is 9.59 Å². The zero-order chi connectivity index (χ0) is 61.1. The molecule has 0 amide bonds. The second-order valence-corrected chi connectivity index (χ2v) is 20.2. The Hall–Kier alpha value is -11.6. The van der Waals surface area contributed by atoms with Gasteiger partial charge >= 0.3 is 29.8 Å². The average molecular weight is 1180 g/mol. The number of aliphatic hydroxyl groups is 2. The second-order valence-electron chi connectivity index (χ2n) is 20.2. The van der Waals surface area contributed by atoms with Crippen LogP contribution in [0.15, 0.2) is 60.4 Å². The lowest BCUT2D eigenvalue weighted by atomic mass is 9.66. The smallest absolute Gasteiger partial charge is 0.339 e. The molecule has 5 heterocycles. The summed E-state index contributed by atoms with van der Waals surface area (Å²) in [6, 6.07) is 6.24. The molecule has 30 heteroatoms. The van der Waals surface area contributed by atoms with Crippen LogP contribution in [0.2, 0.25) is 0 Å². The minimum Gasteiger partial charge on any atom is -0.507 e. The lowest BCUT2D eigenvalue weighted by Gasteiger charge is -2.47. The zero-order valence-corrected chi connectivity index (χ0v) is 42.1. The number of hydrogen-bond acceptors (Lipinski definition) is 30. The second kappa shape index (κ2) is 18.5. The van der Waals surface area contributed by atoms with Gasteiger partial charge in [-0.15, -0.1) is 0 Å². The Morgan fingerprint density at radius 2 is 1.07 bits per heavy atom. The van der Waals surface area contributed by atoms with Crippen LogP contribution in [0, 0.1) is 5.92 Å². The van der Waals surface area contributed by atoms with Gasteiger partial charge in [0, 0.05) is 45.9 Å². The summed E-state index contributed by atoms with van der Waals surface area (Å²) in [6.07, 6.45) is -14.9. The Labute approximate surface area is 469 Å². The number of carbonyl (C=O) groups excluding carboxylic acids is 6. The first-order valence-corrected chi connectivity index (χ1v) is 24.7. The number of aliphatic hydroxyl groups excluding tert-OH is 2. The van der Waals surface area contributed by atoms with Crippen LogP contribution in [-0.2, 0) is 39.7 Å². The summed E-state index contributed by atoms with van der Waals surface area (Å²) in [4.78, 5) is 90.1. The maximum absolute atomic E-state index is 15.4. The van der Waals surface area contributed by atoms with Crippen molar-refractivity contribution in [2.75, 3.05) is 6.61 Å². The van der Waals surface area contributed by atoms with E-state index in [1.807, 2.05) is 0 Å². The van der Waals surface area contributed by atoms with Crippen LogP contribution in [0.5, 0.6) is 97.7 Å². The Balaban J connectivity index is 1.15. The summed E-state index contributed by atoms with van der Waals surface area (Å²) in [5.74, 6) is -36.5. The topological polar surface area (TPSA) is 511 Å². The third-order valence-electron chi connectivity index (χ3n) is 15.5. The van der Waals surface area contributed by atoms with Gasteiger partial charge in [0.05, 0.1) is 34.3 Å². The molecule has 1 spiro atoms. The summed E-state index contributed by atoms with van der Waals surface area (Å²) < 4.78 is 42.5. The molecule has 1 fully saturated rings. The molecule has 4 bridgehead atoms. The van der Waals surface area contributed by atoms with E-state index in [9.17, 15) is 96.4 Å². The number of carbonyl (C=O) groups is 6. The van der Waals surface area contributed by atoms with Crippen LogP contribution in [-0.4, -0.2) is 165 Å². The fraction of sp³-hybridized carbons (Fsp3) is 0.200. The highest BCUT2D eigenvalue weighted by Gasteiger charge is 2.76. The van der Waals surface area contributed by atoms with Crippen molar-refractivity contribution >= 4 is 41.2 Å². The number of Topliss-reactive ketones (excluding diaryl/α,β-unsaturated/α-hetero) is 1. The van der Waals surface area contributed by atoms with Gasteiger partial charge in [-0.1, -0.05) is 6.07 Å². The molecule has 1 saturated heterocycles. The Kier molecular flexibility index (Phi) is 11.8. The van der Waals surface area contributed by atoms with Crippen LogP contribution in [0.4, 0.5) is 0 Å². The van der Waals surface area contributed by atoms with Gasteiger partial charge in [0.25, 0.3) is 0 Å². The van der Waals surface area contributed by atoms with Crippen molar-refractivity contribution in [3.63, 3.8) is 0 Å². The maximum atomic E-state index is 15.4. The minimum atomic E-state index is -3.09. The molecule has 0 radical (unpaired) electrons. The normalized spacial score (nSPS) is 24.5. The molecule has 30 nitrogen and oxygen atoms in total. The molecule has 438 valence electrons. The molecular weight excluding hydrogens is 1140 g/mol. The highest BCUT2D eigenvalue weighted by Crippen LogP contribution is 2.67. The van der Waals surface area contributed by atoms with E-state index >= 15 is 19.2 Å². The van der Waals surface area contributed by atoms with E-state index < -0.39 is 256 Å². The molecule has 6 aliphatic rings. The number of ketones is 1. The molecule has 1 aliphatic carbocycles. The van der Waals surface area contributed by atoms with Crippen LogP contribution < -0.4 is 9.47 Å². The van der Waals surface area contributed by atoms with E-state index in [1.54, 1.807) is 0 Å². The van der Waals surface area contributed by atoms with Gasteiger partial charge in [-0.2, -0.15) is 0 Å². The van der Waals surface area contributed by atoms with E-state index in [0.717, 1.165) is 18.2 Å². The molecule has 85 heavy (non-hydrogen) atoms. The lowest BCUT2D eigenvalue weighted by Crippen LogP contribution is -2.65. The van der Waals surface area contributed by atoms with Gasteiger partial charge < -0.3 is 120 Å². The molecule has 0 saturated carbocycles. The number of hydrogen-bond donors (Lipinski definition) is 17. The number of aromatic hydroxyl groups is 15. The van der Waals surface area contributed by atoms with E-state index in [1.165, 1.54) is 6.07 Å². The number of rotatable bonds is 4. The average Bonchev–Trinajstić information content (AvgIpc) is 1.52. The monoisotopic (exact) mass is 1180 g/mol. The largest absolute Gasteiger partial charge is 0.507 e. The van der Waals surface area contributed by atoms with Crippen molar-refractivity contribution in [1.29, 1.82) is 0 Å². The molecule has 2 unspecified atom stereocenters. The summed E-state index contributed by atoms with van der Waals surface area (Å²) in [7, 11) is 0. The molecular formula is C55H38O30. The fourth-order valence-electron chi connectivity index (χ4n) is 11.7. The van der Waals surface area contributed by atoms with Crippen molar-refractivity contribution in [2.24, 2.45) is 5.92 Å². The minimum absolute atomic E-state index is 0.0519. The number of phenolic OH excluding ortho intramolecular Hbond substituents is 15. The molecule has 17 N–H and O–H groups in total. The predicted molar refractivity (Wildman–Crippen MR) is 268 cm³/mol. The molecule has 6 aromatic carbocycles. The van der Waals surface area contributed by atoms with Gasteiger partial charge in [0.15, 0.2) is 93.4 Å². The Bertz CT molecular complexity index is 4100. The standard InChI is InChI=1S/C55H38O30/c56-18-2-1-12(3-20(18)58)44-26(64)6-14-19(57)10-27-32(45(14)81-44)34-47-48(84-53(77)17-9-25(63)39(68)42(71)31(17)33-35(54(78)83-47)55(34,85-27)49(73)43(33)72)46-28(80-50(74)13-4-21(59)36(65)22(60)5-13)11-79-51(75)15-7-23(61)37(66)40(69)29(15)30-16(52(76)82-46)8-24(62)38(67)41(30)70/h1-5,7-10,26,28,34-35,44,46-48,56-72H,6,11H2/t26-,28+,34-,35?,44-,46+,47+,48+,55?/m1/s1. The summed E-state index contributed by atoms with van der Waals surface area (Å²) in [5.41, 5.74) is -12.8. The fourth-order valence-corrected chi connectivity index (χ4v) is 11.7. The third-order valence-corrected chi connectivity index (χ3v) is 15.5. The van der Waals surface area contributed by atoms with Gasteiger partial charge in [-0.25, -0.2) is 19.2 Å². The molecule has 6 aromatic rings. The van der Waals surface area contributed by atoms with Crippen LogP contribution in [0.25, 0.3) is 16.7 Å². The van der Waals surface area contributed by atoms with Crippen molar-refractivity contribution in [3.8, 4) is 109 Å². The number of esters is 5. The van der Waals surface area contributed by atoms with Crippen LogP contribution in [0.1, 0.15) is 75.7 Å².